The van der Waals surface area contributed by atoms with E-state index in [4.69, 9.17) is 11.6 Å². The van der Waals surface area contributed by atoms with Crippen LogP contribution in [0.1, 0.15) is 21.8 Å². The minimum absolute atomic E-state index is 0.347. The summed E-state index contributed by atoms with van der Waals surface area (Å²) < 4.78 is 1.68. The third-order valence-electron chi connectivity index (χ3n) is 3.19. The lowest BCUT2D eigenvalue weighted by atomic mass is 10.2. The van der Waals surface area contributed by atoms with Crippen LogP contribution in [0.25, 0.3) is 5.69 Å². The molecule has 21 heavy (non-hydrogen) atoms. The van der Waals surface area contributed by atoms with Crippen LogP contribution in [0.3, 0.4) is 0 Å². The molecule has 0 spiro atoms. The van der Waals surface area contributed by atoms with Gasteiger partial charge in [-0.1, -0.05) is 28.9 Å². The Kier molecular flexibility index (Phi) is 3.74. The molecule has 0 atom stereocenters. The highest BCUT2D eigenvalue weighted by atomic mass is 35.5. The summed E-state index contributed by atoms with van der Waals surface area (Å²) in [5.41, 5.74) is 2.94. The first-order valence-corrected chi connectivity index (χ1v) is 7.58. The number of benzene rings is 1. The second kappa shape index (κ2) is 5.68. The highest BCUT2D eigenvalue weighted by Crippen LogP contribution is 2.23. The van der Waals surface area contributed by atoms with Gasteiger partial charge in [0.15, 0.2) is 5.69 Å². The Balaban J connectivity index is 2.08. The van der Waals surface area contributed by atoms with Gasteiger partial charge in [-0.2, -0.15) is 5.26 Å². The fourth-order valence-electron chi connectivity index (χ4n) is 2.05. The molecule has 6 heteroatoms. The van der Waals surface area contributed by atoms with Crippen molar-refractivity contribution in [3.8, 4) is 11.8 Å². The molecule has 2 aromatic heterocycles. The summed E-state index contributed by atoms with van der Waals surface area (Å²) >= 11 is 7.82. The van der Waals surface area contributed by atoms with Crippen molar-refractivity contribution in [2.75, 3.05) is 0 Å². The van der Waals surface area contributed by atoms with E-state index < -0.39 is 0 Å². The zero-order chi connectivity index (χ0) is 14.8. The molecular weight excluding hydrogens is 304 g/mol. The van der Waals surface area contributed by atoms with Gasteiger partial charge < -0.3 is 0 Å². The molecule has 4 nitrogen and oxygen atoms in total. The van der Waals surface area contributed by atoms with Gasteiger partial charge in [-0.15, -0.1) is 16.4 Å². The van der Waals surface area contributed by atoms with Crippen molar-refractivity contribution in [1.29, 1.82) is 5.26 Å². The Morgan fingerprint density at radius 1 is 1.38 bits per heavy atom. The lowest BCUT2D eigenvalue weighted by Crippen LogP contribution is -2.03. The van der Waals surface area contributed by atoms with Crippen molar-refractivity contribution in [3.05, 3.63) is 62.6 Å². The summed E-state index contributed by atoms with van der Waals surface area (Å²) in [6.07, 6.45) is 0.624. The van der Waals surface area contributed by atoms with E-state index in [1.165, 1.54) is 0 Å². The molecule has 0 saturated carbocycles. The smallest absolute Gasteiger partial charge is 0.186 e. The van der Waals surface area contributed by atoms with Crippen LogP contribution in [0.15, 0.2) is 35.7 Å². The molecule has 3 aromatic rings. The average Bonchev–Trinajstić information content (AvgIpc) is 3.12. The molecule has 0 aliphatic heterocycles. The van der Waals surface area contributed by atoms with Crippen molar-refractivity contribution in [1.82, 2.24) is 15.0 Å². The van der Waals surface area contributed by atoms with Crippen LogP contribution in [0, 0.1) is 18.3 Å². The lowest BCUT2D eigenvalue weighted by molar-refractivity contribution is 0.774. The van der Waals surface area contributed by atoms with E-state index in [0.717, 1.165) is 21.8 Å². The minimum Gasteiger partial charge on any atom is -0.216 e. The zero-order valence-electron chi connectivity index (χ0n) is 11.2. The SMILES string of the molecule is Cc1ccc(-n2nnc(C#N)c2Cc2cccs2)cc1Cl. The van der Waals surface area contributed by atoms with E-state index in [1.807, 2.05) is 42.6 Å². The quantitative estimate of drug-likeness (QED) is 0.739. The Bertz CT molecular complexity index is 815. The standard InChI is InChI=1S/C15H11ClN4S/c1-10-4-5-11(7-13(10)16)20-15(14(9-17)18-19-20)8-12-3-2-6-21-12/h2-7H,8H2,1H3. The average molecular weight is 315 g/mol. The normalized spacial score (nSPS) is 10.5. The van der Waals surface area contributed by atoms with Gasteiger partial charge >= 0.3 is 0 Å². The van der Waals surface area contributed by atoms with Gasteiger partial charge in [0, 0.05) is 16.3 Å². The van der Waals surface area contributed by atoms with E-state index >= 15 is 0 Å². The van der Waals surface area contributed by atoms with Gasteiger partial charge in [0.1, 0.15) is 6.07 Å². The monoisotopic (exact) mass is 314 g/mol. The maximum atomic E-state index is 9.22. The largest absolute Gasteiger partial charge is 0.216 e. The number of hydrogen-bond acceptors (Lipinski definition) is 4. The van der Waals surface area contributed by atoms with Crippen molar-refractivity contribution >= 4 is 22.9 Å². The molecule has 0 radical (unpaired) electrons. The molecular formula is C15H11ClN4S. The molecule has 3 rings (SSSR count). The zero-order valence-corrected chi connectivity index (χ0v) is 12.8. The molecule has 2 heterocycles. The number of hydrogen-bond donors (Lipinski definition) is 0. The van der Waals surface area contributed by atoms with Crippen LogP contribution >= 0.6 is 22.9 Å². The second-order valence-corrected chi connectivity index (χ2v) is 6.04. The first-order chi connectivity index (χ1) is 10.2. The third kappa shape index (κ3) is 2.68. The molecule has 0 aliphatic carbocycles. The maximum Gasteiger partial charge on any atom is 0.186 e. The Labute approximate surface area is 131 Å². The predicted molar refractivity (Wildman–Crippen MR) is 82.9 cm³/mol. The van der Waals surface area contributed by atoms with Gasteiger partial charge in [0.2, 0.25) is 0 Å². The first-order valence-electron chi connectivity index (χ1n) is 6.32. The van der Waals surface area contributed by atoms with E-state index in [0.29, 0.717) is 17.1 Å². The van der Waals surface area contributed by atoms with Crippen LogP contribution in [0.2, 0.25) is 5.02 Å². The van der Waals surface area contributed by atoms with Crippen LogP contribution < -0.4 is 0 Å². The van der Waals surface area contributed by atoms with Gasteiger partial charge in [0.25, 0.3) is 0 Å². The summed E-state index contributed by atoms with van der Waals surface area (Å²) in [6, 6.07) is 11.8. The number of halogens is 1. The summed E-state index contributed by atoms with van der Waals surface area (Å²) in [4.78, 5) is 1.16. The van der Waals surface area contributed by atoms with Gasteiger partial charge in [-0.25, -0.2) is 4.68 Å². The van der Waals surface area contributed by atoms with Crippen molar-refractivity contribution in [2.24, 2.45) is 0 Å². The number of nitrogens with zero attached hydrogens (tertiary/aromatic N) is 4. The number of rotatable bonds is 3. The summed E-state index contributed by atoms with van der Waals surface area (Å²) in [5, 5.41) is 20.0. The van der Waals surface area contributed by atoms with E-state index in [2.05, 4.69) is 16.4 Å². The molecule has 0 saturated heterocycles. The lowest BCUT2D eigenvalue weighted by Gasteiger charge is -2.07. The second-order valence-electron chi connectivity index (χ2n) is 4.60. The fraction of sp³-hybridized carbons (Fsp3) is 0.133. The molecule has 104 valence electrons. The number of nitriles is 1. The van der Waals surface area contributed by atoms with Crippen LogP contribution in [-0.4, -0.2) is 15.0 Å². The van der Waals surface area contributed by atoms with E-state index in [1.54, 1.807) is 16.0 Å². The van der Waals surface area contributed by atoms with E-state index in [9.17, 15) is 5.26 Å². The first kappa shape index (κ1) is 13.8. The van der Waals surface area contributed by atoms with Gasteiger partial charge in [-0.3, -0.25) is 0 Å². The van der Waals surface area contributed by atoms with Gasteiger partial charge in [-0.05, 0) is 36.1 Å². The van der Waals surface area contributed by atoms with Crippen molar-refractivity contribution in [3.63, 3.8) is 0 Å². The molecule has 0 fully saturated rings. The number of aryl methyl sites for hydroxylation is 1. The predicted octanol–water partition coefficient (Wildman–Crippen LogP) is 3.75. The molecule has 0 unspecified atom stereocenters. The van der Waals surface area contributed by atoms with Crippen molar-refractivity contribution < 1.29 is 0 Å². The minimum atomic E-state index is 0.347. The fourth-order valence-corrected chi connectivity index (χ4v) is 2.93. The maximum absolute atomic E-state index is 9.22. The summed E-state index contributed by atoms with van der Waals surface area (Å²) in [5.74, 6) is 0. The molecule has 0 amide bonds. The van der Waals surface area contributed by atoms with Crippen LogP contribution in [0.5, 0.6) is 0 Å². The van der Waals surface area contributed by atoms with E-state index in [-0.39, 0.29) is 0 Å². The Morgan fingerprint density at radius 3 is 2.90 bits per heavy atom. The molecule has 0 N–H and O–H groups in total. The van der Waals surface area contributed by atoms with Crippen molar-refractivity contribution in [2.45, 2.75) is 13.3 Å². The molecule has 1 aromatic carbocycles. The van der Waals surface area contributed by atoms with Gasteiger partial charge in [0.05, 0.1) is 11.4 Å². The number of thiophene rings is 1. The number of aromatic nitrogens is 3. The highest BCUT2D eigenvalue weighted by Gasteiger charge is 2.15. The highest BCUT2D eigenvalue weighted by molar-refractivity contribution is 7.09. The molecule has 0 aliphatic rings. The Hall–Kier alpha value is -2.16. The topological polar surface area (TPSA) is 54.5 Å². The van der Waals surface area contributed by atoms with Crippen LogP contribution in [-0.2, 0) is 6.42 Å². The van der Waals surface area contributed by atoms with Crippen LogP contribution in [0.4, 0.5) is 0 Å². The Morgan fingerprint density at radius 2 is 2.24 bits per heavy atom. The summed E-state index contributed by atoms with van der Waals surface area (Å²) in [7, 11) is 0. The third-order valence-corrected chi connectivity index (χ3v) is 4.47. The summed E-state index contributed by atoms with van der Waals surface area (Å²) in [6.45, 7) is 1.95. The molecule has 0 bridgehead atoms.